The summed E-state index contributed by atoms with van der Waals surface area (Å²) in [5.74, 6) is 1.94. The zero-order chi connectivity index (χ0) is 18.1. The predicted molar refractivity (Wildman–Crippen MR) is 99.7 cm³/mol. The maximum Gasteiger partial charge on any atom is 0.219 e. The van der Waals surface area contributed by atoms with Crippen LogP contribution >= 0.6 is 0 Å². The SMILES string of the molecule is CC(=O)N1CC(CC(=O)CCc2cccc(-c3cn4c(n3)CCC4)c2)C1. The van der Waals surface area contributed by atoms with Crippen molar-refractivity contribution < 1.29 is 9.59 Å². The lowest BCUT2D eigenvalue weighted by molar-refractivity contribution is -0.137. The molecular weight excluding hydrogens is 326 g/mol. The van der Waals surface area contributed by atoms with Crippen LogP contribution in [0.4, 0.5) is 0 Å². The number of aryl methyl sites for hydroxylation is 3. The van der Waals surface area contributed by atoms with Crippen molar-refractivity contribution in [3.63, 3.8) is 0 Å². The van der Waals surface area contributed by atoms with Gasteiger partial charge in [-0.1, -0.05) is 18.2 Å². The number of Topliss-reactive ketones (excluding diaryl/α,β-unsaturated/α-hetero) is 1. The van der Waals surface area contributed by atoms with E-state index in [9.17, 15) is 9.59 Å². The Hall–Kier alpha value is -2.43. The smallest absolute Gasteiger partial charge is 0.219 e. The van der Waals surface area contributed by atoms with Crippen molar-refractivity contribution in [3.8, 4) is 11.3 Å². The molecule has 0 N–H and O–H groups in total. The Morgan fingerprint density at radius 2 is 2.12 bits per heavy atom. The highest BCUT2D eigenvalue weighted by Gasteiger charge is 2.29. The van der Waals surface area contributed by atoms with E-state index in [2.05, 4.69) is 35.0 Å². The van der Waals surface area contributed by atoms with E-state index in [-0.39, 0.29) is 5.91 Å². The first-order chi connectivity index (χ1) is 12.6. The molecule has 26 heavy (non-hydrogen) atoms. The van der Waals surface area contributed by atoms with Gasteiger partial charge in [0.15, 0.2) is 0 Å². The van der Waals surface area contributed by atoms with E-state index in [0.29, 0.717) is 24.5 Å². The van der Waals surface area contributed by atoms with Gasteiger partial charge < -0.3 is 9.47 Å². The van der Waals surface area contributed by atoms with Crippen LogP contribution in [0.15, 0.2) is 30.5 Å². The van der Waals surface area contributed by atoms with E-state index in [1.807, 2.05) is 0 Å². The summed E-state index contributed by atoms with van der Waals surface area (Å²) < 4.78 is 2.24. The Morgan fingerprint density at radius 3 is 2.88 bits per heavy atom. The average Bonchev–Trinajstić information content (AvgIpc) is 3.17. The fourth-order valence-corrected chi connectivity index (χ4v) is 3.94. The summed E-state index contributed by atoms with van der Waals surface area (Å²) in [5, 5.41) is 0. The van der Waals surface area contributed by atoms with Crippen LogP contribution in [0.5, 0.6) is 0 Å². The quantitative estimate of drug-likeness (QED) is 0.804. The topological polar surface area (TPSA) is 55.2 Å². The zero-order valence-corrected chi connectivity index (χ0v) is 15.3. The molecule has 0 saturated carbocycles. The van der Waals surface area contributed by atoms with E-state index in [1.54, 1.807) is 11.8 Å². The lowest BCUT2D eigenvalue weighted by Gasteiger charge is -2.38. The Balaban J connectivity index is 1.31. The van der Waals surface area contributed by atoms with Crippen LogP contribution in [0.3, 0.4) is 0 Å². The summed E-state index contributed by atoms with van der Waals surface area (Å²) in [5.41, 5.74) is 3.35. The largest absolute Gasteiger partial charge is 0.342 e. The third-order valence-electron chi connectivity index (χ3n) is 5.49. The van der Waals surface area contributed by atoms with Gasteiger partial charge in [0, 0.05) is 63.5 Å². The minimum atomic E-state index is 0.107. The predicted octanol–water partition coefficient (Wildman–Crippen LogP) is 2.87. The molecule has 1 fully saturated rings. The van der Waals surface area contributed by atoms with Gasteiger partial charge in [0.2, 0.25) is 5.91 Å². The highest BCUT2D eigenvalue weighted by atomic mass is 16.2. The number of imidazole rings is 1. The molecule has 0 radical (unpaired) electrons. The monoisotopic (exact) mass is 351 g/mol. The number of benzene rings is 1. The van der Waals surface area contributed by atoms with Gasteiger partial charge in [-0.3, -0.25) is 9.59 Å². The molecule has 1 amide bonds. The Labute approximate surface area is 154 Å². The summed E-state index contributed by atoms with van der Waals surface area (Å²) in [4.78, 5) is 30.0. The molecule has 0 aliphatic carbocycles. The summed E-state index contributed by atoms with van der Waals surface area (Å²) in [6.45, 7) is 4.13. The van der Waals surface area contributed by atoms with Gasteiger partial charge >= 0.3 is 0 Å². The molecule has 2 aromatic rings. The molecule has 0 atom stereocenters. The van der Waals surface area contributed by atoms with Crippen LogP contribution < -0.4 is 0 Å². The summed E-state index contributed by atoms with van der Waals surface area (Å²) in [6, 6.07) is 8.39. The fraction of sp³-hybridized carbons (Fsp3) is 0.476. The van der Waals surface area contributed by atoms with Crippen molar-refractivity contribution in [2.75, 3.05) is 13.1 Å². The number of carbonyl (C=O) groups is 2. The molecule has 0 bridgehead atoms. The minimum absolute atomic E-state index is 0.107. The third-order valence-corrected chi connectivity index (χ3v) is 5.49. The summed E-state index contributed by atoms with van der Waals surface area (Å²) in [7, 11) is 0. The van der Waals surface area contributed by atoms with Crippen molar-refractivity contribution in [2.45, 2.75) is 45.6 Å². The van der Waals surface area contributed by atoms with Gasteiger partial charge in [0.05, 0.1) is 5.69 Å². The van der Waals surface area contributed by atoms with Crippen LogP contribution in [0.1, 0.15) is 37.6 Å². The molecule has 1 saturated heterocycles. The molecule has 2 aliphatic rings. The van der Waals surface area contributed by atoms with Gasteiger partial charge in [0.1, 0.15) is 11.6 Å². The molecule has 0 unspecified atom stereocenters. The number of hydrogen-bond acceptors (Lipinski definition) is 3. The van der Waals surface area contributed by atoms with E-state index >= 15 is 0 Å². The molecule has 1 aromatic carbocycles. The molecule has 5 nitrogen and oxygen atoms in total. The van der Waals surface area contributed by atoms with E-state index in [4.69, 9.17) is 4.98 Å². The first-order valence-corrected chi connectivity index (χ1v) is 9.51. The van der Waals surface area contributed by atoms with Crippen molar-refractivity contribution in [2.24, 2.45) is 5.92 Å². The zero-order valence-electron chi connectivity index (χ0n) is 15.3. The van der Waals surface area contributed by atoms with Crippen molar-refractivity contribution in [1.82, 2.24) is 14.5 Å². The van der Waals surface area contributed by atoms with Crippen LogP contribution in [-0.2, 0) is 29.0 Å². The maximum atomic E-state index is 12.2. The lowest BCUT2D eigenvalue weighted by Crippen LogP contribution is -2.49. The fourth-order valence-electron chi connectivity index (χ4n) is 3.94. The van der Waals surface area contributed by atoms with Gasteiger partial charge in [-0.2, -0.15) is 0 Å². The van der Waals surface area contributed by atoms with Crippen molar-refractivity contribution >= 4 is 11.7 Å². The Morgan fingerprint density at radius 1 is 1.27 bits per heavy atom. The Kier molecular flexibility index (Phi) is 4.62. The summed E-state index contributed by atoms with van der Waals surface area (Å²) >= 11 is 0. The van der Waals surface area contributed by atoms with Crippen molar-refractivity contribution in [3.05, 3.63) is 41.9 Å². The number of rotatable bonds is 6. The molecule has 0 spiro atoms. The molecule has 1 aromatic heterocycles. The molecule has 2 aliphatic heterocycles. The van der Waals surface area contributed by atoms with Gasteiger partial charge in [-0.05, 0) is 24.5 Å². The first-order valence-electron chi connectivity index (χ1n) is 9.51. The number of likely N-dealkylation sites (tertiary alicyclic amines) is 1. The number of ketones is 1. The van der Waals surface area contributed by atoms with E-state index in [0.717, 1.165) is 43.7 Å². The van der Waals surface area contributed by atoms with Crippen LogP contribution in [-0.4, -0.2) is 39.2 Å². The molecule has 4 rings (SSSR count). The standard InChI is InChI=1S/C21H25N3O2/c1-15(25)24-12-17(13-24)11-19(26)8-7-16-4-2-5-18(10-16)20-14-23-9-3-6-21(23)22-20/h2,4-5,10,14,17H,3,6-9,11-13H2,1H3. The van der Waals surface area contributed by atoms with Crippen LogP contribution in [0.2, 0.25) is 0 Å². The number of nitrogens with zero attached hydrogens (tertiary/aromatic N) is 3. The van der Waals surface area contributed by atoms with Gasteiger partial charge in [-0.25, -0.2) is 4.98 Å². The third kappa shape index (κ3) is 3.57. The molecule has 3 heterocycles. The molecular formula is C21H25N3O2. The maximum absolute atomic E-state index is 12.2. The van der Waals surface area contributed by atoms with E-state index < -0.39 is 0 Å². The van der Waals surface area contributed by atoms with Crippen LogP contribution in [0, 0.1) is 5.92 Å². The average molecular weight is 351 g/mol. The van der Waals surface area contributed by atoms with Crippen LogP contribution in [0.25, 0.3) is 11.3 Å². The number of amides is 1. The summed E-state index contributed by atoms with van der Waals surface area (Å²) in [6.07, 6.45) is 6.33. The number of aromatic nitrogens is 2. The normalized spacial score (nSPS) is 16.4. The minimum Gasteiger partial charge on any atom is -0.342 e. The molecule has 5 heteroatoms. The second kappa shape index (κ2) is 7.06. The van der Waals surface area contributed by atoms with Gasteiger partial charge in [-0.15, -0.1) is 0 Å². The number of hydrogen-bond donors (Lipinski definition) is 0. The Bertz CT molecular complexity index is 812. The van der Waals surface area contributed by atoms with Crippen molar-refractivity contribution in [1.29, 1.82) is 0 Å². The molecule has 136 valence electrons. The number of carbonyl (C=O) groups excluding carboxylic acids is 2. The van der Waals surface area contributed by atoms with E-state index in [1.165, 1.54) is 17.8 Å². The highest BCUT2D eigenvalue weighted by molar-refractivity contribution is 5.80. The second-order valence-electron chi connectivity index (χ2n) is 7.57. The highest BCUT2D eigenvalue weighted by Crippen LogP contribution is 2.24. The number of fused-ring (bicyclic) bond motifs is 1. The first kappa shape index (κ1) is 17.0. The van der Waals surface area contributed by atoms with Gasteiger partial charge in [0.25, 0.3) is 0 Å². The second-order valence-corrected chi connectivity index (χ2v) is 7.57. The lowest BCUT2D eigenvalue weighted by atomic mass is 9.92.